The molecule has 0 spiro atoms. The summed E-state index contributed by atoms with van der Waals surface area (Å²) in [5.41, 5.74) is 0.446. The highest BCUT2D eigenvalue weighted by atomic mass is 79.9. The molecule has 3 rings (SSSR count). The number of phenols is 1. The number of aliphatic hydroxyl groups is 1. The minimum atomic E-state index is -0.798. The van der Waals surface area contributed by atoms with E-state index in [1.165, 1.54) is 0 Å². The van der Waals surface area contributed by atoms with Crippen molar-refractivity contribution >= 4 is 54.4 Å². The number of hydrogen-bond donors (Lipinski definition) is 3. The lowest BCUT2D eigenvalue weighted by Gasteiger charge is -2.34. The zero-order valence-electron chi connectivity index (χ0n) is 16.7. The van der Waals surface area contributed by atoms with Gasteiger partial charge in [0.05, 0.1) is 10.2 Å². The third-order valence-electron chi connectivity index (χ3n) is 5.06. The van der Waals surface area contributed by atoms with Crippen molar-refractivity contribution in [1.29, 1.82) is 0 Å². The number of aromatic hydroxyl groups is 1. The fourth-order valence-corrected chi connectivity index (χ4v) is 4.69. The fraction of sp³-hybridized carbons (Fsp3) is 0.261. The molecule has 3 aromatic carbocycles. The number of anilines is 1. The Labute approximate surface area is 192 Å². The van der Waals surface area contributed by atoms with Crippen LogP contribution in [0.5, 0.6) is 5.75 Å². The average Bonchev–Trinajstić information content (AvgIpc) is 2.69. The fourth-order valence-electron chi connectivity index (χ4n) is 3.43. The maximum Gasteiger partial charge on any atom is 0.412 e. The third kappa shape index (κ3) is 4.96. The lowest BCUT2D eigenvalue weighted by molar-refractivity contribution is 0.0138. The van der Waals surface area contributed by atoms with Crippen LogP contribution in [0.25, 0.3) is 10.8 Å². The second-order valence-electron chi connectivity index (χ2n) is 7.72. The van der Waals surface area contributed by atoms with Crippen LogP contribution in [-0.2, 0) is 4.74 Å². The maximum absolute atomic E-state index is 12.9. The normalized spacial score (nSPS) is 12.6. The molecule has 30 heavy (non-hydrogen) atoms. The second kappa shape index (κ2) is 9.37. The van der Waals surface area contributed by atoms with E-state index in [1.54, 1.807) is 12.1 Å². The Balaban J connectivity index is 1.94. The monoisotopic (exact) mass is 535 g/mol. The van der Waals surface area contributed by atoms with Gasteiger partial charge in [-0.25, -0.2) is 4.79 Å². The van der Waals surface area contributed by atoms with E-state index in [0.717, 1.165) is 15.2 Å². The summed E-state index contributed by atoms with van der Waals surface area (Å²) >= 11 is 6.75. The predicted molar refractivity (Wildman–Crippen MR) is 126 cm³/mol. The Morgan fingerprint density at radius 1 is 1.13 bits per heavy atom. The van der Waals surface area contributed by atoms with Crippen molar-refractivity contribution in [1.82, 2.24) is 0 Å². The summed E-state index contributed by atoms with van der Waals surface area (Å²) < 4.78 is 7.04. The number of fused-ring (bicyclic) bond motifs is 1. The van der Waals surface area contributed by atoms with Gasteiger partial charge in [-0.05, 0) is 45.9 Å². The Hall–Kier alpha value is -2.09. The number of hydrogen-bond acceptors (Lipinski definition) is 4. The van der Waals surface area contributed by atoms with Crippen LogP contribution in [0.1, 0.15) is 31.9 Å². The Morgan fingerprint density at radius 3 is 2.57 bits per heavy atom. The first-order valence-electron chi connectivity index (χ1n) is 9.47. The molecule has 1 amide bonds. The van der Waals surface area contributed by atoms with E-state index in [2.05, 4.69) is 37.2 Å². The van der Waals surface area contributed by atoms with Crippen LogP contribution in [0.15, 0.2) is 63.5 Å². The van der Waals surface area contributed by atoms with E-state index in [4.69, 9.17) is 4.74 Å². The quantitative estimate of drug-likeness (QED) is 0.325. The topological polar surface area (TPSA) is 78.8 Å². The van der Waals surface area contributed by atoms with Gasteiger partial charge in [0.25, 0.3) is 0 Å². The summed E-state index contributed by atoms with van der Waals surface area (Å²) in [6.07, 6.45) is -1.06. The molecule has 3 aromatic rings. The number of halogens is 2. The Morgan fingerprint density at radius 2 is 1.83 bits per heavy atom. The smallest absolute Gasteiger partial charge is 0.412 e. The number of ether oxygens (including phenoxy) is 1. The van der Waals surface area contributed by atoms with Crippen molar-refractivity contribution in [3.05, 3.63) is 69.1 Å². The zero-order chi connectivity index (χ0) is 21.9. The molecule has 0 fully saturated rings. The van der Waals surface area contributed by atoms with E-state index >= 15 is 0 Å². The number of aliphatic hydroxyl groups excluding tert-OH is 1. The van der Waals surface area contributed by atoms with E-state index in [1.807, 2.05) is 56.3 Å². The molecular formula is C23H23Br2NO4. The van der Waals surface area contributed by atoms with Crippen molar-refractivity contribution in [3.8, 4) is 5.75 Å². The largest absolute Gasteiger partial charge is 0.506 e. The summed E-state index contributed by atoms with van der Waals surface area (Å²) in [6, 6.07) is 16.8. The highest BCUT2D eigenvalue weighted by Gasteiger charge is 2.36. The number of carbonyl (C=O) groups excluding carboxylic acids is 1. The first-order valence-corrected chi connectivity index (χ1v) is 11.1. The highest BCUT2D eigenvalue weighted by Crippen LogP contribution is 2.46. The van der Waals surface area contributed by atoms with Gasteiger partial charge in [-0.15, -0.1) is 0 Å². The molecule has 0 aliphatic carbocycles. The average molecular weight is 537 g/mol. The molecule has 0 aromatic heterocycles. The van der Waals surface area contributed by atoms with Crippen LogP contribution >= 0.6 is 31.9 Å². The summed E-state index contributed by atoms with van der Waals surface area (Å²) in [5, 5.41) is 24.9. The van der Waals surface area contributed by atoms with Gasteiger partial charge >= 0.3 is 6.09 Å². The summed E-state index contributed by atoms with van der Waals surface area (Å²) in [6.45, 7) is 3.69. The number of nitrogens with one attached hydrogen (secondary N) is 1. The Bertz CT molecular complexity index is 1060. The number of rotatable bonds is 6. The van der Waals surface area contributed by atoms with Crippen molar-refractivity contribution in [2.45, 2.75) is 26.4 Å². The van der Waals surface area contributed by atoms with Crippen LogP contribution in [0.3, 0.4) is 0 Å². The first kappa shape index (κ1) is 22.6. The standard InChI is InChI=1S/C23H23Br2NO4/c1-23(2,10-11-27)21(17-12-15(24)13-18(25)20(17)28)30-22(29)26-19-9-5-7-14-6-3-4-8-16(14)19/h3-9,12-13,21,27-28H,10-11H2,1-2H3,(H,26,29)/t21-/m1/s1. The third-order valence-corrected chi connectivity index (χ3v) is 6.12. The number of amides is 1. The van der Waals surface area contributed by atoms with Gasteiger partial charge in [-0.1, -0.05) is 66.2 Å². The van der Waals surface area contributed by atoms with Crippen LogP contribution in [0.4, 0.5) is 10.5 Å². The molecule has 0 unspecified atom stereocenters. The van der Waals surface area contributed by atoms with Gasteiger partial charge in [0.2, 0.25) is 0 Å². The molecule has 0 heterocycles. The number of phenolic OH excluding ortho intramolecular Hbond substituents is 1. The Kier molecular flexibility index (Phi) is 7.06. The molecule has 158 valence electrons. The minimum absolute atomic E-state index is 0.00724. The van der Waals surface area contributed by atoms with Gasteiger partial charge < -0.3 is 14.9 Å². The first-order chi connectivity index (χ1) is 14.2. The van der Waals surface area contributed by atoms with E-state index in [0.29, 0.717) is 22.1 Å². The number of carbonyl (C=O) groups is 1. The molecule has 0 aliphatic heterocycles. The van der Waals surface area contributed by atoms with Crippen LogP contribution in [0.2, 0.25) is 0 Å². The molecule has 0 bridgehead atoms. The van der Waals surface area contributed by atoms with Crippen molar-refractivity contribution in [3.63, 3.8) is 0 Å². The molecule has 0 radical (unpaired) electrons. The van der Waals surface area contributed by atoms with E-state index in [9.17, 15) is 15.0 Å². The summed E-state index contributed by atoms with van der Waals surface area (Å²) in [4.78, 5) is 12.9. The van der Waals surface area contributed by atoms with Gasteiger partial charge in [-0.2, -0.15) is 0 Å². The minimum Gasteiger partial charge on any atom is -0.506 e. The van der Waals surface area contributed by atoms with Crippen molar-refractivity contribution in [2.75, 3.05) is 11.9 Å². The highest BCUT2D eigenvalue weighted by molar-refractivity contribution is 9.11. The molecule has 3 N–H and O–H groups in total. The van der Waals surface area contributed by atoms with E-state index in [-0.39, 0.29) is 12.4 Å². The van der Waals surface area contributed by atoms with Crippen LogP contribution in [0, 0.1) is 5.41 Å². The number of benzene rings is 3. The maximum atomic E-state index is 12.9. The van der Waals surface area contributed by atoms with Gasteiger partial charge in [0.15, 0.2) is 0 Å². The molecule has 1 atom stereocenters. The van der Waals surface area contributed by atoms with Crippen LogP contribution in [-0.4, -0.2) is 22.9 Å². The molecule has 0 saturated carbocycles. The van der Waals surface area contributed by atoms with Gasteiger partial charge in [-0.3, -0.25) is 5.32 Å². The molecular weight excluding hydrogens is 514 g/mol. The zero-order valence-corrected chi connectivity index (χ0v) is 19.8. The van der Waals surface area contributed by atoms with Gasteiger partial charge in [0.1, 0.15) is 11.9 Å². The molecule has 5 nitrogen and oxygen atoms in total. The second-order valence-corrected chi connectivity index (χ2v) is 9.49. The van der Waals surface area contributed by atoms with E-state index < -0.39 is 17.6 Å². The lowest BCUT2D eigenvalue weighted by atomic mass is 9.79. The van der Waals surface area contributed by atoms with Crippen LogP contribution < -0.4 is 5.32 Å². The summed E-state index contributed by atoms with van der Waals surface area (Å²) in [7, 11) is 0. The SMILES string of the molecule is CC(C)(CCO)[C@H](OC(=O)Nc1cccc2ccccc12)c1cc(Br)cc(Br)c1O. The van der Waals surface area contributed by atoms with Gasteiger partial charge in [0, 0.05) is 27.4 Å². The summed E-state index contributed by atoms with van der Waals surface area (Å²) in [5.74, 6) is -0.00724. The predicted octanol–water partition coefficient (Wildman–Crippen LogP) is 6.77. The molecule has 0 aliphatic rings. The molecule has 7 heteroatoms. The van der Waals surface area contributed by atoms with Crippen molar-refractivity contribution < 1.29 is 19.7 Å². The van der Waals surface area contributed by atoms with Crippen molar-refractivity contribution in [2.24, 2.45) is 5.41 Å². The molecule has 0 saturated heterocycles. The lowest BCUT2D eigenvalue weighted by Crippen LogP contribution is -2.30.